The third-order valence-electron chi connectivity index (χ3n) is 4.58. The molecule has 0 unspecified atom stereocenters. The molecule has 2 aromatic carbocycles. The van der Waals surface area contributed by atoms with Crippen LogP contribution in [0.3, 0.4) is 0 Å². The Morgan fingerprint density at radius 3 is 1.97 bits per heavy atom. The molecule has 0 saturated carbocycles. The van der Waals surface area contributed by atoms with Crippen molar-refractivity contribution in [1.29, 1.82) is 0 Å². The van der Waals surface area contributed by atoms with Gasteiger partial charge in [0.05, 0.1) is 5.69 Å². The maximum absolute atomic E-state index is 7.70. The molecule has 0 aliphatic heterocycles. The van der Waals surface area contributed by atoms with Crippen LogP contribution in [0.1, 0.15) is 19.4 Å². The standard InChI is InChI=1S/C17H13N2.C12H10N.Ir/c1-13-12-19-17(14-7-3-2-4-8-14)11-15(13)16-9-5-6-10-18-16;1-10-7-8-12(13-9-10)11-5-3-2-4-6-11;/h2-7,9-12H,1H3;2-5,7-9H,1H3;/q2*-1;/i2*1D3;. The fraction of sp³-hybridized carbons (Fsp3) is 0.0690. The molecule has 0 amide bonds. The topological polar surface area (TPSA) is 38.7 Å². The Balaban J connectivity index is 0.000000220. The van der Waals surface area contributed by atoms with E-state index in [1.807, 2.05) is 42.5 Å². The Morgan fingerprint density at radius 2 is 1.39 bits per heavy atom. The first kappa shape index (κ1) is 17.1. The summed E-state index contributed by atoms with van der Waals surface area (Å²) in [6, 6.07) is 31.5. The summed E-state index contributed by atoms with van der Waals surface area (Å²) in [6.45, 7) is -4.33. The number of aromatic nitrogens is 3. The van der Waals surface area contributed by atoms with Gasteiger partial charge in [-0.1, -0.05) is 24.3 Å². The van der Waals surface area contributed by atoms with Gasteiger partial charge in [0.15, 0.2) is 0 Å². The summed E-state index contributed by atoms with van der Waals surface area (Å²) in [7, 11) is 0. The van der Waals surface area contributed by atoms with Gasteiger partial charge in [-0.2, -0.15) is 0 Å². The van der Waals surface area contributed by atoms with E-state index in [1.54, 1.807) is 48.7 Å². The van der Waals surface area contributed by atoms with E-state index in [9.17, 15) is 0 Å². The number of hydrogen-bond acceptors (Lipinski definition) is 3. The summed E-state index contributed by atoms with van der Waals surface area (Å²) in [5.74, 6) is 0. The maximum atomic E-state index is 7.70. The van der Waals surface area contributed by atoms with E-state index >= 15 is 0 Å². The monoisotopic (exact) mass is 612 g/mol. The molecule has 3 aromatic heterocycles. The third-order valence-corrected chi connectivity index (χ3v) is 4.58. The molecule has 3 nitrogen and oxygen atoms in total. The number of benzene rings is 2. The molecule has 165 valence electrons. The molecule has 0 aliphatic carbocycles. The summed E-state index contributed by atoms with van der Waals surface area (Å²) >= 11 is 0. The summed E-state index contributed by atoms with van der Waals surface area (Å²) < 4.78 is 44.8. The minimum atomic E-state index is -2.24. The van der Waals surface area contributed by atoms with Crippen molar-refractivity contribution in [3.05, 3.63) is 127 Å². The Bertz CT molecular complexity index is 1460. The van der Waals surface area contributed by atoms with Gasteiger partial charge in [-0.25, -0.2) is 0 Å². The van der Waals surface area contributed by atoms with E-state index in [4.69, 9.17) is 8.22 Å². The van der Waals surface area contributed by atoms with E-state index < -0.39 is 13.7 Å². The van der Waals surface area contributed by atoms with Gasteiger partial charge in [-0.3, -0.25) is 4.98 Å². The molecule has 0 spiro atoms. The molecule has 0 atom stereocenters. The summed E-state index contributed by atoms with van der Waals surface area (Å²) in [5.41, 5.74) is 4.73. The number of rotatable bonds is 3. The second-order valence-electron chi connectivity index (χ2n) is 6.81. The van der Waals surface area contributed by atoms with Crippen LogP contribution in [0.5, 0.6) is 0 Å². The van der Waals surface area contributed by atoms with Gasteiger partial charge in [-0.15, -0.1) is 71.8 Å². The number of nitrogens with zero attached hydrogens (tertiary/aromatic N) is 3. The molecule has 33 heavy (non-hydrogen) atoms. The van der Waals surface area contributed by atoms with Gasteiger partial charge in [-0.05, 0) is 53.9 Å². The van der Waals surface area contributed by atoms with Crippen molar-refractivity contribution in [3.63, 3.8) is 0 Å². The van der Waals surface area contributed by atoms with Crippen LogP contribution in [-0.2, 0) is 20.1 Å². The zero-order valence-corrected chi connectivity index (χ0v) is 19.9. The molecule has 0 N–H and O–H groups in total. The first-order valence-electron chi connectivity index (χ1n) is 13.0. The van der Waals surface area contributed by atoms with Crippen molar-refractivity contribution >= 4 is 0 Å². The molecule has 5 aromatic rings. The quantitative estimate of drug-likeness (QED) is 0.211. The molecule has 0 aliphatic rings. The average Bonchev–Trinajstić information content (AvgIpc) is 2.94. The van der Waals surface area contributed by atoms with Crippen molar-refractivity contribution in [2.24, 2.45) is 0 Å². The maximum Gasteiger partial charge on any atom is 0.0697 e. The molecule has 3 heterocycles. The Labute approximate surface area is 217 Å². The van der Waals surface area contributed by atoms with Gasteiger partial charge in [0.2, 0.25) is 0 Å². The fourth-order valence-electron chi connectivity index (χ4n) is 3.00. The van der Waals surface area contributed by atoms with E-state index in [1.165, 1.54) is 12.4 Å². The van der Waals surface area contributed by atoms with E-state index in [0.29, 0.717) is 17.0 Å². The van der Waals surface area contributed by atoms with E-state index in [-0.39, 0.29) is 31.2 Å². The van der Waals surface area contributed by atoms with Crippen molar-refractivity contribution in [1.82, 2.24) is 15.0 Å². The fourth-order valence-corrected chi connectivity index (χ4v) is 3.00. The number of aryl methyl sites for hydroxylation is 2. The molecule has 0 fully saturated rings. The van der Waals surface area contributed by atoms with Crippen LogP contribution in [0.2, 0.25) is 0 Å². The van der Waals surface area contributed by atoms with Gasteiger partial charge < -0.3 is 9.97 Å². The largest absolute Gasteiger partial charge is 0.304 e. The van der Waals surface area contributed by atoms with Gasteiger partial charge in [0.1, 0.15) is 0 Å². The van der Waals surface area contributed by atoms with Gasteiger partial charge in [0.25, 0.3) is 0 Å². The molecule has 1 radical (unpaired) electrons. The second kappa shape index (κ2) is 12.0. The number of pyridine rings is 3. The first-order chi connectivity index (χ1) is 18.1. The normalized spacial score (nSPS) is 13.3. The smallest absolute Gasteiger partial charge is 0.0697 e. The van der Waals surface area contributed by atoms with Crippen molar-refractivity contribution in [2.75, 3.05) is 0 Å². The predicted molar refractivity (Wildman–Crippen MR) is 130 cm³/mol. The van der Waals surface area contributed by atoms with Crippen molar-refractivity contribution in [2.45, 2.75) is 13.7 Å². The zero-order valence-electron chi connectivity index (χ0n) is 23.5. The predicted octanol–water partition coefficient (Wildman–Crippen LogP) is 6.77. The van der Waals surface area contributed by atoms with Crippen LogP contribution >= 0.6 is 0 Å². The second-order valence-corrected chi connectivity index (χ2v) is 6.81. The summed E-state index contributed by atoms with van der Waals surface area (Å²) in [6.07, 6.45) is 4.45. The van der Waals surface area contributed by atoms with Gasteiger partial charge in [0, 0.05) is 46.9 Å². The molecule has 4 heteroatoms. The molecule has 0 bridgehead atoms. The summed E-state index contributed by atoms with van der Waals surface area (Å²) in [4.78, 5) is 12.7. The van der Waals surface area contributed by atoms with Crippen LogP contribution in [-0.4, -0.2) is 15.0 Å². The first-order valence-corrected chi connectivity index (χ1v) is 9.95. The van der Waals surface area contributed by atoms with Crippen LogP contribution in [0.25, 0.3) is 33.8 Å². The van der Waals surface area contributed by atoms with E-state index in [0.717, 1.165) is 16.8 Å². The van der Waals surface area contributed by atoms with Crippen LogP contribution in [0.15, 0.2) is 104 Å². The SMILES string of the molecule is [2H]C([2H])([2H])c1ccc(-c2[c-]cccc2)nc1.[2H]C([2H])([2H])c1cnc(-c2[c-]cccc2)cc1-c1ccccn1.[Ir]. The van der Waals surface area contributed by atoms with Gasteiger partial charge >= 0.3 is 0 Å². The zero-order chi connectivity index (χ0) is 27.2. The van der Waals surface area contributed by atoms with Crippen LogP contribution in [0.4, 0.5) is 0 Å². The molecular weight excluding hydrogens is 583 g/mol. The molecule has 0 saturated heterocycles. The Hall–Kier alpha value is -3.46. The third kappa shape index (κ3) is 6.52. The van der Waals surface area contributed by atoms with Crippen LogP contribution in [0, 0.1) is 25.8 Å². The molecular formula is C29H23IrN3-2. The summed E-state index contributed by atoms with van der Waals surface area (Å²) in [5, 5.41) is 0. The van der Waals surface area contributed by atoms with E-state index in [2.05, 4.69) is 27.1 Å². The Morgan fingerprint density at radius 1 is 0.667 bits per heavy atom. The van der Waals surface area contributed by atoms with Crippen molar-refractivity contribution in [3.8, 4) is 33.8 Å². The molecule has 5 rings (SSSR count). The Kier molecular flexibility index (Phi) is 6.19. The minimum absolute atomic E-state index is 0. The number of hydrogen-bond donors (Lipinski definition) is 0. The van der Waals surface area contributed by atoms with Crippen molar-refractivity contribution < 1.29 is 28.3 Å². The minimum Gasteiger partial charge on any atom is -0.304 e. The van der Waals surface area contributed by atoms with Crippen LogP contribution < -0.4 is 0 Å². The average molecular weight is 612 g/mol.